The normalized spacial score (nSPS) is 11.6. The van der Waals surface area contributed by atoms with E-state index in [1.54, 1.807) is 19.2 Å². The Balaban J connectivity index is 3.09. The minimum Gasteiger partial charge on any atom is -0.316 e. The first-order chi connectivity index (χ1) is 7.76. The van der Waals surface area contributed by atoms with Gasteiger partial charge in [-0.1, -0.05) is 0 Å². The first-order valence-corrected chi connectivity index (χ1v) is 6.47. The number of carbonyl (C=O) groups excluding carboxylic acids is 1. The summed E-state index contributed by atoms with van der Waals surface area (Å²) in [6, 6.07) is 6.20. The second-order valence-electron chi connectivity index (χ2n) is 3.86. The highest BCUT2D eigenvalue weighted by atomic mass is 32.2. The number of hydrogen-bond acceptors (Lipinski definition) is 3. The molecule has 17 heavy (non-hydrogen) atoms. The summed E-state index contributed by atoms with van der Waals surface area (Å²) in [6.07, 6.45) is 0. The van der Waals surface area contributed by atoms with Crippen LogP contribution >= 0.6 is 0 Å². The summed E-state index contributed by atoms with van der Waals surface area (Å²) >= 11 is 0. The van der Waals surface area contributed by atoms with Crippen molar-refractivity contribution in [2.45, 2.75) is 11.8 Å². The van der Waals surface area contributed by atoms with Crippen molar-refractivity contribution in [2.75, 3.05) is 26.0 Å². The molecule has 0 aromatic heterocycles. The topological polar surface area (TPSA) is 57.7 Å². The molecule has 0 N–H and O–H groups in total. The first kappa shape index (κ1) is 13.7. The van der Waals surface area contributed by atoms with E-state index in [2.05, 4.69) is 0 Å². The van der Waals surface area contributed by atoms with Gasteiger partial charge in [-0.3, -0.25) is 4.79 Å². The van der Waals surface area contributed by atoms with Crippen LogP contribution in [0.4, 0.5) is 5.69 Å². The van der Waals surface area contributed by atoms with Gasteiger partial charge in [0.25, 0.3) is 0 Å². The van der Waals surface area contributed by atoms with Gasteiger partial charge >= 0.3 is 0 Å². The van der Waals surface area contributed by atoms with Gasteiger partial charge in [0.2, 0.25) is 15.9 Å². The molecule has 5 nitrogen and oxygen atoms in total. The highest BCUT2D eigenvalue weighted by molar-refractivity contribution is 7.89. The van der Waals surface area contributed by atoms with E-state index in [4.69, 9.17) is 0 Å². The third kappa shape index (κ3) is 2.83. The largest absolute Gasteiger partial charge is 0.316 e. The van der Waals surface area contributed by atoms with E-state index in [9.17, 15) is 13.2 Å². The van der Waals surface area contributed by atoms with E-state index in [0.717, 1.165) is 4.31 Å². The van der Waals surface area contributed by atoms with Gasteiger partial charge in [-0.15, -0.1) is 0 Å². The number of nitrogens with zero attached hydrogens (tertiary/aromatic N) is 2. The maximum absolute atomic E-state index is 11.8. The van der Waals surface area contributed by atoms with Crippen molar-refractivity contribution in [3.05, 3.63) is 24.3 Å². The van der Waals surface area contributed by atoms with E-state index < -0.39 is 10.0 Å². The molecule has 94 valence electrons. The number of amides is 1. The fourth-order valence-electron chi connectivity index (χ4n) is 1.23. The van der Waals surface area contributed by atoms with Crippen molar-refractivity contribution in [1.29, 1.82) is 0 Å². The molecule has 0 spiro atoms. The molecule has 0 bridgehead atoms. The molecule has 0 saturated heterocycles. The van der Waals surface area contributed by atoms with Crippen LogP contribution in [-0.4, -0.2) is 39.8 Å². The quantitative estimate of drug-likeness (QED) is 0.808. The second kappa shape index (κ2) is 4.85. The molecule has 0 fully saturated rings. The van der Waals surface area contributed by atoms with Crippen LogP contribution in [0.2, 0.25) is 0 Å². The zero-order chi connectivity index (χ0) is 13.2. The Kier molecular flexibility index (Phi) is 3.90. The fraction of sp³-hybridized carbons (Fsp3) is 0.364. The van der Waals surface area contributed by atoms with Gasteiger partial charge in [0.05, 0.1) is 4.90 Å². The van der Waals surface area contributed by atoms with Crippen molar-refractivity contribution in [2.24, 2.45) is 0 Å². The lowest BCUT2D eigenvalue weighted by Crippen LogP contribution is -2.24. The second-order valence-corrected chi connectivity index (χ2v) is 6.01. The van der Waals surface area contributed by atoms with Gasteiger partial charge in [0.15, 0.2) is 0 Å². The molecule has 6 heteroatoms. The van der Waals surface area contributed by atoms with Crippen LogP contribution < -0.4 is 4.90 Å². The maximum atomic E-state index is 11.8. The van der Waals surface area contributed by atoms with Gasteiger partial charge in [-0.05, 0) is 24.3 Å². The molecular weight excluding hydrogens is 240 g/mol. The third-order valence-corrected chi connectivity index (χ3v) is 4.30. The summed E-state index contributed by atoms with van der Waals surface area (Å²) in [6.45, 7) is 1.45. The van der Waals surface area contributed by atoms with Crippen LogP contribution in [0.15, 0.2) is 29.2 Å². The number of sulfonamides is 1. The van der Waals surface area contributed by atoms with E-state index in [1.807, 2.05) is 0 Å². The molecule has 0 aliphatic heterocycles. The van der Waals surface area contributed by atoms with Crippen molar-refractivity contribution in [1.82, 2.24) is 4.31 Å². The number of hydrogen-bond donors (Lipinski definition) is 0. The van der Waals surface area contributed by atoms with Gasteiger partial charge < -0.3 is 4.90 Å². The standard InChI is InChI=1S/C11H16N2O3S/c1-9(14)13(4)10-5-7-11(8-6-10)17(15,16)12(2)3/h5-8H,1-4H3. The molecule has 0 heterocycles. The van der Waals surface area contributed by atoms with Crippen molar-refractivity contribution >= 4 is 21.6 Å². The number of carbonyl (C=O) groups is 1. The highest BCUT2D eigenvalue weighted by Gasteiger charge is 2.17. The Morgan fingerprint density at radius 3 is 1.88 bits per heavy atom. The van der Waals surface area contributed by atoms with Crippen molar-refractivity contribution in [3.63, 3.8) is 0 Å². The zero-order valence-corrected chi connectivity index (χ0v) is 11.2. The van der Waals surface area contributed by atoms with Crippen molar-refractivity contribution < 1.29 is 13.2 Å². The summed E-state index contributed by atoms with van der Waals surface area (Å²) < 4.78 is 24.7. The van der Waals surface area contributed by atoms with Gasteiger partial charge in [-0.2, -0.15) is 0 Å². The predicted molar refractivity (Wildman–Crippen MR) is 66.4 cm³/mol. The highest BCUT2D eigenvalue weighted by Crippen LogP contribution is 2.18. The molecule has 0 aliphatic carbocycles. The molecule has 1 aromatic carbocycles. The molecular formula is C11H16N2O3S. The average molecular weight is 256 g/mol. The summed E-state index contributed by atoms with van der Waals surface area (Å²) in [5.74, 6) is -0.104. The molecule has 0 saturated carbocycles. The fourth-order valence-corrected chi connectivity index (χ4v) is 2.14. The summed E-state index contributed by atoms with van der Waals surface area (Å²) in [5.41, 5.74) is 0.662. The van der Waals surface area contributed by atoms with Gasteiger partial charge in [-0.25, -0.2) is 12.7 Å². The van der Waals surface area contributed by atoms with Gasteiger partial charge in [0, 0.05) is 33.8 Å². The van der Waals surface area contributed by atoms with E-state index in [0.29, 0.717) is 5.69 Å². The molecule has 0 aliphatic rings. The lowest BCUT2D eigenvalue weighted by Gasteiger charge is -2.16. The first-order valence-electron chi connectivity index (χ1n) is 5.03. The molecule has 0 radical (unpaired) electrons. The van der Waals surface area contributed by atoms with Gasteiger partial charge in [0.1, 0.15) is 0 Å². The van der Waals surface area contributed by atoms with Crippen LogP contribution in [0.1, 0.15) is 6.92 Å². The van der Waals surface area contributed by atoms with Crippen LogP contribution in [0.3, 0.4) is 0 Å². The van der Waals surface area contributed by atoms with E-state index in [1.165, 1.54) is 38.1 Å². The number of rotatable bonds is 3. The van der Waals surface area contributed by atoms with E-state index >= 15 is 0 Å². The average Bonchev–Trinajstić information content (AvgIpc) is 2.27. The van der Waals surface area contributed by atoms with Crippen LogP contribution in [0.25, 0.3) is 0 Å². The molecule has 0 atom stereocenters. The number of benzene rings is 1. The predicted octanol–water partition coefficient (Wildman–Crippen LogP) is 0.920. The Labute approximate surface area is 102 Å². The zero-order valence-electron chi connectivity index (χ0n) is 10.3. The Hall–Kier alpha value is -1.40. The number of anilines is 1. The lowest BCUT2D eigenvalue weighted by molar-refractivity contribution is -0.116. The Morgan fingerprint density at radius 2 is 1.53 bits per heavy atom. The monoisotopic (exact) mass is 256 g/mol. The maximum Gasteiger partial charge on any atom is 0.242 e. The molecule has 1 aromatic rings. The summed E-state index contributed by atoms with van der Waals surface area (Å²) in [4.78, 5) is 12.8. The Bertz CT molecular complexity index is 506. The SMILES string of the molecule is CC(=O)N(C)c1ccc(S(=O)(=O)N(C)C)cc1. The van der Waals surface area contributed by atoms with Crippen LogP contribution in [0.5, 0.6) is 0 Å². The minimum atomic E-state index is -3.41. The Morgan fingerprint density at radius 1 is 1.06 bits per heavy atom. The smallest absolute Gasteiger partial charge is 0.242 e. The minimum absolute atomic E-state index is 0.104. The van der Waals surface area contributed by atoms with Crippen LogP contribution in [-0.2, 0) is 14.8 Å². The summed E-state index contributed by atoms with van der Waals surface area (Å²) in [5, 5.41) is 0. The van der Waals surface area contributed by atoms with Crippen LogP contribution in [0, 0.1) is 0 Å². The third-order valence-electron chi connectivity index (χ3n) is 2.47. The summed E-state index contributed by atoms with van der Waals surface area (Å²) in [7, 11) is 1.18. The molecule has 1 rings (SSSR count). The molecule has 1 amide bonds. The lowest BCUT2D eigenvalue weighted by atomic mass is 10.3. The van der Waals surface area contributed by atoms with Crippen molar-refractivity contribution in [3.8, 4) is 0 Å². The van der Waals surface area contributed by atoms with E-state index in [-0.39, 0.29) is 10.8 Å². The molecule has 0 unspecified atom stereocenters.